The number of benzene rings is 2. The van der Waals surface area contributed by atoms with Crippen molar-refractivity contribution in [3.8, 4) is 5.75 Å². The van der Waals surface area contributed by atoms with Gasteiger partial charge in [0.05, 0.1) is 5.56 Å². The molecule has 1 aliphatic heterocycles. The molecule has 28 heavy (non-hydrogen) atoms. The lowest BCUT2D eigenvalue weighted by atomic mass is 10.0. The van der Waals surface area contributed by atoms with E-state index in [4.69, 9.17) is 4.74 Å². The SMILES string of the molecule is CC(=O)Oc1cccc(C(=O)N2CCC(NC(=O)c3ccccc3F)CC2)c1. The highest BCUT2D eigenvalue weighted by Crippen LogP contribution is 2.19. The summed E-state index contributed by atoms with van der Waals surface area (Å²) >= 11 is 0. The summed E-state index contributed by atoms with van der Waals surface area (Å²) in [5.74, 6) is -1.29. The lowest BCUT2D eigenvalue weighted by Gasteiger charge is -2.32. The van der Waals surface area contributed by atoms with Gasteiger partial charge in [0.25, 0.3) is 11.8 Å². The predicted octanol–water partition coefficient (Wildman–Crippen LogP) is 2.79. The third-order valence-electron chi connectivity index (χ3n) is 4.58. The van der Waals surface area contributed by atoms with Crippen LogP contribution in [0.15, 0.2) is 48.5 Å². The minimum absolute atomic E-state index is 0.0169. The van der Waals surface area contributed by atoms with Gasteiger partial charge in [0, 0.05) is 31.6 Å². The summed E-state index contributed by atoms with van der Waals surface area (Å²) in [6.45, 7) is 2.24. The molecular weight excluding hydrogens is 363 g/mol. The Kier molecular flexibility index (Phi) is 6.03. The Hall–Kier alpha value is -3.22. The van der Waals surface area contributed by atoms with Crippen molar-refractivity contribution in [1.82, 2.24) is 10.2 Å². The Labute approximate surface area is 162 Å². The number of nitrogens with zero attached hydrogens (tertiary/aromatic N) is 1. The van der Waals surface area contributed by atoms with Gasteiger partial charge in [-0.1, -0.05) is 18.2 Å². The van der Waals surface area contributed by atoms with Gasteiger partial charge in [-0.15, -0.1) is 0 Å². The van der Waals surface area contributed by atoms with Gasteiger partial charge in [0.15, 0.2) is 0 Å². The summed E-state index contributed by atoms with van der Waals surface area (Å²) < 4.78 is 18.7. The van der Waals surface area contributed by atoms with E-state index in [9.17, 15) is 18.8 Å². The molecule has 0 aliphatic carbocycles. The molecule has 1 heterocycles. The zero-order chi connectivity index (χ0) is 20.1. The van der Waals surface area contributed by atoms with Gasteiger partial charge in [-0.05, 0) is 43.2 Å². The average Bonchev–Trinajstić information content (AvgIpc) is 2.68. The Morgan fingerprint density at radius 3 is 2.46 bits per heavy atom. The number of halogens is 1. The number of hydrogen-bond acceptors (Lipinski definition) is 4. The number of esters is 1. The van der Waals surface area contributed by atoms with E-state index in [2.05, 4.69) is 5.32 Å². The molecule has 1 fully saturated rings. The fourth-order valence-electron chi connectivity index (χ4n) is 3.18. The summed E-state index contributed by atoms with van der Waals surface area (Å²) in [4.78, 5) is 37.7. The topological polar surface area (TPSA) is 75.7 Å². The summed E-state index contributed by atoms with van der Waals surface area (Å²) in [6, 6.07) is 12.2. The highest BCUT2D eigenvalue weighted by atomic mass is 19.1. The number of nitrogens with one attached hydrogen (secondary N) is 1. The molecule has 0 unspecified atom stereocenters. The minimum Gasteiger partial charge on any atom is -0.427 e. The average molecular weight is 384 g/mol. The molecule has 2 amide bonds. The second-order valence-electron chi connectivity index (χ2n) is 6.64. The number of piperidine rings is 1. The van der Waals surface area contributed by atoms with Gasteiger partial charge in [0.1, 0.15) is 11.6 Å². The Morgan fingerprint density at radius 2 is 1.79 bits per heavy atom. The van der Waals surface area contributed by atoms with Gasteiger partial charge in [0.2, 0.25) is 0 Å². The van der Waals surface area contributed by atoms with E-state index in [0.717, 1.165) is 0 Å². The number of rotatable bonds is 4. The largest absolute Gasteiger partial charge is 0.427 e. The maximum absolute atomic E-state index is 13.7. The lowest BCUT2D eigenvalue weighted by Crippen LogP contribution is -2.46. The van der Waals surface area contributed by atoms with E-state index in [1.54, 1.807) is 29.2 Å². The number of amides is 2. The van der Waals surface area contributed by atoms with Crippen LogP contribution in [0, 0.1) is 5.82 Å². The number of carbonyl (C=O) groups is 3. The van der Waals surface area contributed by atoms with Crippen molar-refractivity contribution in [1.29, 1.82) is 0 Å². The number of carbonyl (C=O) groups excluding carboxylic acids is 3. The van der Waals surface area contributed by atoms with Crippen molar-refractivity contribution in [2.75, 3.05) is 13.1 Å². The molecule has 0 spiro atoms. The summed E-state index contributed by atoms with van der Waals surface area (Å²) in [6.07, 6.45) is 1.16. The fraction of sp³-hybridized carbons (Fsp3) is 0.286. The van der Waals surface area contributed by atoms with E-state index in [-0.39, 0.29) is 17.5 Å². The van der Waals surface area contributed by atoms with E-state index in [0.29, 0.717) is 37.2 Å². The van der Waals surface area contributed by atoms with Gasteiger partial charge in [-0.3, -0.25) is 14.4 Å². The van der Waals surface area contributed by atoms with Crippen molar-refractivity contribution in [3.63, 3.8) is 0 Å². The first-order chi connectivity index (χ1) is 13.4. The molecule has 2 aromatic carbocycles. The molecule has 1 N–H and O–H groups in total. The molecule has 0 atom stereocenters. The molecule has 0 saturated carbocycles. The van der Waals surface area contributed by atoms with Crippen LogP contribution in [0.4, 0.5) is 4.39 Å². The summed E-state index contributed by atoms with van der Waals surface area (Å²) in [7, 11) is 0. The van der Waals surface area contributed by atoms with Gasteiger partial charge < -0.3 is 15.0 Å². The van der Waals surface area contributed by atoms with E-state index < -0.39 is 17.7 Å². The molecule has 2 aromatic rings. The molecule has 1 aliphatic rings. The fourth-order valence-corrected chi connectivity index (χ4v) is 3.18. The third-order valence-corrected chi connectivity index (χ3v) is 4.58. The molecular formula is C21H21FN2O4. The Bertz CT molecular complexity index is 891. The first kappa shape index (κ1) is 19.5. The maximum atomic E-state index is 13.7. The van der Waals surface area contributed by atoms with Crippen LogP contribution in [-0.2, 0) is 4.79 Å². The Balaban J connectivity index is 1.56. The van der Waals surface area contributed by atoms with Crippen LogP contribution in [-0.4, -0.2) is 41.8 Å². The monoisotopic (exact) mass is 384 g/mol. The zero-order valence-electron chi connectivity index (χ0n) is 15.5. The molecule has 6 nitrogen and oxygen atoms in total. The van der Waals surface area contributed by atoms with E-state index >= 15 is 0 Å². The maximum Gasteiger partial charge on any atom is 0.308 e. The minimum atomic E-state index is -0.555. The zero-order valence-corrected chi connectivity index (χ0v) is 15.5. The van der Waals surface area contributed by atoms with Gasteiger partial charge in [-0.2, -0.15) is 0 Å². The normalized spacial score (nSPS) is 14.4. The van der Waals surface area contributed by atoms with E-state index in [1.165, 1.54) is 31.2 Å². The molecule has 146 valence electrons. The third kappa shape index (κ3) is 4.73. The van der Waals surface area contributed by atoms with Crippen molar-refractivity contribution < 1.29 is 23.5 Å². The second kappa shape index (κ2) is 8.65. The molecule has 3 rings (SSSR count). The number of hydrogen-bond donors (Lipinski definition) is 1. The Morgan fingerprint density at radius 1 is 1.07 bits per heavy atom. The van der Waals surface area contributed by atoms with Crippen LogP contribution in [0.2, 0.25) is 0 Å². The highest BCUT2D eigenvalue weighted by molar-refractivity contribution is 5.95. The molecule has 0 aromatic heterocycles. The van der Waals surface area contributed by atoms with Crippen LogP contribution in [0.25, 0.3) is 0 Å². The summed E-state index contributed by atoms with van der Waals surface area (Å²) in [5.41, 5.74) is 0.455. The van der Waals surface area contributed by atoms with Crippen molar-refractivity contribution in [2.24, 2.45) is 0 Å². The molecule has 7 heteroatoms. The van der Waals surface area contributed by atoms with Crippen LogP contribution >= 0.6 is 0 Å². The molecule has 0 radical (unpaired) electrons. The van der Waals surface area contributed by atoms with Crippen LogP contribution in [0.1, 0.15) is 40.5 Å². The lowest BCUT2D eigenvalue weighted by molar-refractivity contribution is -0.131. The smallest absolute Gasteiger partial charge is 0.308 e. The van der Waals surface area contributed by atoms with Crippen LogP contribution in [0.5, 0.6) is 5.75 Å². The van der Waals surface area contributed by atoms with Crippen LogP contribution < -0.4 is 10.1 Å². The van der Waals surface area contributed by atoms with E-state index in [1.807, 2.05) is 0 Å². The van der Waals surface area contributed by atoms with Gasteiger partial charge in [-0.25, -0.2) is 4.39 Å². The number of ether oxygens (including phenoxy) is 1. The highest BCUT2D eigenvalue weighted by Gasteiger charge is 2.25. The standard InChI is InChI=1S/C21H21FN2O4/c1-14(25)28-17-6-4-5-15(13-17)21(27)24-11-9-16(10-12-24)23-20(26)18-7-2-3-8-19(18)22/h2-8,13,16H,9-12H2,1H3,(H,23,26). The van der Waals surface area contributed by atoms with Crippen LogP contribution in [0.3, 0.4) is 0 Å². The second-order valence-corrected chi connectivity index (χ2v) is 6.64. The summed E-state index contributed by atoms with van der Waals surface area (Å²) in [5, 5.41) is 2.83. The van der Waals surface area contributed by atoms with Crippen molar-refractivity contribution in [3.05, 3.63) is 65.5 Å². The predicted molar refractivity (Wildman–Crippen MR) is 101 cm³/mol. The first-order valence-electron chi connectivity index (χ1n) is 9.07. The number of likely N-dealkylation sites (tertiary alicyclic amines) is 1. The molecule has 1 saturated heterocycles. The first-order valence-corrected chi connectivity index (χ1v) is 9.07. The van der Waals surface area contributed by atoms with Crippen molar-refractivity contribution in [2.45, 2.75) is 25.8 Å². The van der Waals surface area contributed by atoms with Crippen molar-refractivity contribution >= 4 is 17.8 Å². The molecule has 0 bridgehead atoms. The van der Waals surface area contributed by atoms with Gasteiger partial charge >= 0.3 is 5.97 Å². The quantitative estimate of drug-likeness (QED) is 0.650.